The first-order valence-electron chi connectivity index (χ1n) is 8.33. The molecule has 6 nitrogen and oxygen atoms in total. The Morgan fingerprint density at radius 2 is 1.76 bits per heavy atom. The zero-order chi connectivity index (χ0) is 17.6. The number of nitrogens with zero attached hydrogens (tertiary/aromatic N) is 3. The predicted octanol–water partition coefficient (Wildman–Crippen LogP) is 2.06. The van der Waals surface area contributed by atoms with Gasteiger partial charge in [0.05, 0.1) is 14.2 Å². The Balaban J connectivity index is 1.62. The zero-order valence-corrected chi connectivity index (χ0v) is 14.6. The van der Waals surface area contributed by atoms with E-state index in [1.54, 1.807) is 38.6 Å². The van der Waals surface area contributed by atoms with Gasteiger partial charge in [-0.2, -0.15) is 0 Å². The summed E-state index contributed by atoms with van der Waals surface area (Å²) in [5.74, 6) is 1.26. The maximum atomic E-state index is 12.8. The van der Waals surface area contributed by atoms with E-state index in [9.17, 15) is 4.79 Å². The van der Waals surface area contributed by atoms with E-state index in [4.69, 9.17) is 9.47 Å². The molecule has 1 saturated heterocycles. The summed E-state index contributed by atoms with van der Waals surface area (Å²) in [4.78, 5) is 21.2. The number of piperazine rings is 1. The molecule has 0 aliphatic carbocycles. The highest BCUT2D eigenvalue weighted by molar-refractivity contribution is 5.95. The quantitative estimate of drug-likeness (QED) is 0.833. The number of carbonyl (C=O) groups is 1. The van der Waals surface area contributed by atoms with Crippen molar-refractivity contribution in [3.8, 4) is 11.5 Å². The number of hydrogen-bond acceptors (Lipinski definition) is 5. The Bertz CT molecular complexity index is 691. The van der Waals surface area contributed by atoms with E-state index in [0.717, 1.165) is 19.6 Å². The molecule has 3 rings (SSSR count). The summed E-state index contributed by atoms with van der Waals surface area (Å²) in [6.45, 7) is 3.98. The van der Waals surface area contributed by atoms with Crippen LogP contribution in [-0.4, -0.2) is 61.1 Å². The maximum Gasteiger partial charge on any atom is 0.254 e. The highest BCUT2D eigenvalue weighted by Crippen LogP contribution is 2.24. The van der Waals surface area contributed by atoms with Gasteiger partial charge >= 0.3 is 0 Å². The average Bonchev–Trinajstić information content (AvgIpc) is 2.68. The van der Waals surface area contributed by atoms with E-state index in [0.29, 0.717) is 30.2 Å². The van der Waals surface area contributed by atoms with Gasteiger partial charge in [-0.1, -0.05) is 6.07 Å². The van der Waals surface area contributed by atoms with Gasteiger partial charge in [-0.25, -0.2) is 0 Å². The standard InChI is InChI=1S/C19H23N3O3/c1-24-17-10-16(11-18(12-17)25-2)19(23)22-8-6-21(7-9-22)14-15-4-3-5-20-13-15/h3-5,10-13H,6-9,14H2,1-2H3. The van der Waals surface area contributed by atoms with Gasteiger partial charge in [0.2, 0.25) is 0 Å². The van der Waals surface area contributed by atoms with Crippen molar-refractivity contribution in [3.63, 3.8) is 0 Å². The minimum atomic E-state index is 0.0122. The fourth-order valence-corrected chi connectivity index (χ4v) is 2.97. The molecule has 0 saturated carbocycles. The first-order valence-corrected chi connectivity index (χ1v) is 8.33. The summed E-state index contributed by atoms with van der Waals surface area (Å²) in [6, 6.07) is 9.31. The monoisotopic (exact) mass is 341 g/mol. The number of hydrogen-bond donors (Lipinski definition) is 0. The van der Waals surface area contributed by atoms with Crippen LogP contribution in [-0.2, 0) is 6.54 Å². The molecule has 2 aromatic rings. The number of amides is 1. The van der Waals surface area contributed by atoms with Crippen molar-refractivity contribution in [2.45, 2.75) is 6.54 Å². The van der Waals surface area contributed by atoms with Crippen molar-refractivity contribution in [1.29, 1.82) is 0 Å². The maximum absolute atomic E-state index is 12.8. The number of methoxy groups -OCH3 is 2. The second kappa shape index (κ2) is 7.98. The Hall–Kier alpha value is -2.60. The fraction of sp³-hybridized carbons (Fsp3) is 0.368. The number of carbonyl (C=O) groups excluding carboxylic acids is 1. The molecular formula is C19H23N3O3. The van der Waals surface area contributed by atoms with Crippen LogP contribution in [0.25, 0.3) is 0 Å². The molecule has 1 aliphatic rings. The van der Waals surface area contributed by atoms with Crippen molar-refractivity contribution < 1.29 is 14.3 Å². The van der Waals surface area contributed by atoms with Crippen molar-refractivity contribution in [3.05, 3.63) is 53.9 Å². The topological polar surface area (TPSA) is 54.9 Å². The van der Waals surface area contributed by atoms with Gasteiger partial charge in [0, 0.05) is 56.7 Å². The normalized spacial score (nSPS) is 15.0. The van der Waals surface area contributed by atoms with E-state index >= 15 is 0 Å². The number of benzene rings is 1. The minimum Gasteiger partial charge on any atom is -0.497 e. The molecule has 1 aliphatic heterocycles. The fourth-order valence-electron chi connectivity index (χ4n) is 2.97. The van der Waals surface area contributed by atoms with Crippen LogP contribution in [0.2, 0.25) is 0 Å². The van der Waals surface area contributed by atoms with Gasteiger partial charge in [0.1, 0.15) is 11.5 Å². The van der Waals surface area contributed by atoms with Gasteiger partial charge in [-0.05, 0) is 23.8 Å². The highest BCUT2D eigenvalue weighted by Gasteiger charge is 2.23. The first-order chi connectivity index (χ1) is 12.2. The molecule has 1 amide bonds. The molecule has 0 spiro atoms. The lowest BCUT2D eigenvalue weighted by Gasteiger charge is -2.34. The molecule has 1 fully saturated rings. The van der Waals surface area contributed by atoms with Gasteiger partial charge in [-0.15, -0.1) is 0 Å². The number of ether oxygens (including phenoxy) is 2. The van der Waals surface area contributed by atoms with E-state index in [2.05, 4.69) is 16.0 Å². The second-order valence-electron chi connectivity index (χ2n) is 6.03. The van der Waals surface area contributed by atoms with Gasteiger partial charge in [-0.3, -0.25) is 14.7 Å². The zero-order valence-electron chi connectivity index (χ0n) is 14.6. The van der Waals surface area contributed by atoms with Crippen LogP contribution in [0.5, 0.6) is 11.5 Å². The molecular weight excluding hydrogens is 318 g/mol. The van der Waals surface area contributed by atoms with Crippen LogP contribution in [0.4, 0.5) is 0 Å². The van der Waals surface area contributed by atoms with Crippen LogP contribution in [0.3, 0.4) is 0 Å². The van der Waals surface area contributed by atoms with Crippen LogP contribution >= 0.6 is 0 Å². The third-order valence-electron chi connectivity index (χ3n) is 4.39. The summed E-state index contributed by atoms with van der Waals surface area (Å²) in [7, 11) is 3.17. The van der Waals surface area contributed by atoms with Crippen molar-refractivity contribution >= 4 is 5.91 Å². The molecule has 0 atom stereocenters. The van der Waals surface area contributed by atoms with Crippen LogP contribution < -0.4 is 9.47 Å². The van der Waals surface area contributed by atoms with Gasteiger partial charge in [0.25, 0.3) is 5.91 Å². The van der Waals surface area contributed by atoms with Crippen LogP contribution in [0, 0.1) is 0 Å². The van der Waals surface area contributed by atoms with Crippen molar-refractivity contribution in [2.75, 3.05) is 40.4 Å². The Kier molecular flexibility index (Phi) is 5.50. The lowest BCUT2D eigenvalue weighted by Crippen LogP contribution is -2.48. The number of rotatable bonds is 5. The van der Waals surface area contributed by atoms with Gasteiger partial charge < -0.3 is 14.4 Å². The summed E-state index contributed by atoms with van der Waals surface area (Å²) in [6.07, 6.45) is 3.67. The second-order valence-corrected chi connectivity index (χ2v) is 6.03. The Labute approximate surface area is 148 Å². The summed E-state index contributed by atoms with van der Waals surface area (Å²) in [5.41, 5.74) is 1.79. The molecule has 1 aromatic carbocycles. The van der Waals surface area contributed by atoms with Crippen LogP contribution in [0.15, 0.2) is 42.7 Å². The molecule has 6 heteroatoms. The predicted molar refractivity (Wildman–Crippen MR) is 95.0 cm³/mol. The van der Waals surface area contributed by atoms with Crippen LogP contribution in [0.1, 0.15) is 15.9 Å². The molecule has 2 heterocycles. The summed E-state index contributed by atoms with van der Waals surface area (Å²) < 4.78 is 10.5. The van der Waals surface area contributed by atoms with Crippen molar-refractivity contribution in [1.82, 2.24) is 14.8 Å². The molecule has 0 radical (unpaired) electrons. The lowest BCUT2D eigenvalue weighted by atomic mass is 10.1. The van der Waals surface area contributed by atoms with E-state index in [1.807, 2.05) is 17.2 Å². The molecule has 25 heavy (non-hydrogen) atoms. The van der Waals surface area contributed by atoms with Crippen molar-refractivity contribution in [2.24, 2.45) is 0 Å². The average molecular weight is 341 g/mol. The van der Waals surface area contributed by atoms with E-state index in [1.165, 1.54) is 5.56 Å². The largest absolute Gasteiger partial charge is 0.497 e. The van der Waals surface area contributed by atoms with Gasteiger partial charge in [0.15, 0.2) is 0 Å². The molecule has 0 bridgehead atoms. The third-order valence-corrected chi connectivity index (χ3v) is 4.39. The minimum absolute atomic E-state index is 0.0122. The highest BCUT2D eigenvalue weighted by atomic mass is 16.5. The molecule has 0 N–H and O–H groups in total. The number of aromatic nitrogens is 1. The number of pyridine rings is 1. The van der Waals surface area contributed by atoms with E-state index < -0.39 is 0 Å². The lowest BCUT2D eigenvalue weighted by molar-refractivity contribution is 0.0627. The Morgan fingerprint density at radius 3 is 2.32 bits per heavy atom. The smallest absolute Gasteiger partial charge is 0.254 e. The summed E-state index contributed by atoms with van der Waals surface area (Å²) >= 11 is 0. The first kappa shape index (κ1) is 17.2. The Morgan fingerprint density at radius 1 is 1.08 bits per heavy atom. The van der Waals surface area contributed by atoms with E-state index in [-0.39, 0.29) is 5.91 Å². The molecule has 0 unspecified atom stereocenters. The molecule has 132 valence electrons. The molecule has 1 aromatic heterocycles. The summed E-state index contributed by atoms with van der Waals surface area (Å²) in [5, 5.41) is 0. The SMILES string of the molecule is COc1cc(OC)cc(C(=O)N2CCN(Cc3cccnc3)CC2)c1. The third kappa shape index (κ3) is 4.28.